The molecular formula is C15H10Cl2N2OS. The summed E-state index contributed by atoms with van der Waals surface area (Å²) in [6.45, 7) is 0. The number of rotatable bonds is 2. The predicted molar refractivity (Wildman–Crippen MR) is 88.9 cm³/mol. The van der Waals surface area contributed by atoms with Crippen molar-refractivity contribution in [1.29, 1.82) is 0 Å². The number of carbonyl (C=O) groups is 1. The SMILES string of the molecule is O=C1C(c2ccc(Cl)c(Cl)c2)NC(=S)N1c1ccccc1. The number of nitrogens with zero attached hydrogens (tertiary/aromatic N) is 1. The predicted octanol–water partition coefficient (Wildman–Crippen LogP) is 3.96. The van der Waals surface area contributed by atoms with Gasteiger partial charge in [0.25, 0.3) is 5.91 Å². The number of anilines is 1. The molecule has 2 aromatic carbocycles. The topological polar surface area (TPSA) is 32.3 Å². The summed E-state index contributed by atoms with van der Waals surface area (Å²) < 4.78 is 0. The highest BCUT2D eigenvalue weighted by molar-refractivity contribution is 7.80. The lowest BCUT2D eigenvalue weighted by Gasteiger charge is -2.14. The molecular weight excluding hydrogens is 327 g/mol. The average molecular weight is 337 g/mol. The molecule has 1 N–H and O–H groups in total. The van der Waals surface area contributed by atoms with Crippen LogP contribution in [0.15, 0.2) is 48.5 Å². The second kappa shape index (κ2) is 5.64. The molecule has 0 aliphatic carbocycles. The Bertz CT molecular complexity index is 721. The maximum Gasteiger partial charge on any atom is 0.260 e. The number of nitrogens with one attached hydrogen (secondary N) is 1. The van der Waals surface area contributed by atoms with Gasteiger partial charge in [0.15, 0.2) is 5.11 Å². The zero-order chi connectivity index (χ0) is 15.0. The number of hydrogen-bond donors (Lipinski definition) is 1. The number of halogens is 2. The van der Waals surface area contributed by atoms with Gasteiger partial charge in [-0.05, 0) is 42.0 Å². The summed E-state index contributed by atoms with van der Waals surface area (Å²) in [5.41, 5.74) is 1.47. The van der Waals surface area contributed by atoms with Gasteiger partial charge in [0.1, 0.15) is 6.04 Å². The Balaban J connectivity index is 1.95. The Morgan fingerprint density at radius 3 is 2.43 bits per heavy atom. The highest BCUT2D eigenvalue weighted by Crippen LogP contribution is 2.30. The van der Waals surface area contributed by atoms with E-state index >= 15 is 0 Å². The van der Waals surface area contributed by atoms with E-state index in [0.717, 1.165) is 11.3 Å². The smallest absolute Gasteiger partial charge is 0.260 e. The minimum atomic E-state index is -0.549. The molecule has 1 heterocycles. The molecule has 2 aromatic rings. The van der Waals surface area contributed by atoms with Gasteiger partial charge < -0.3 is 5.32 Å². The van der Waals surface area contributed by atoms with Gasteiger partial charge in [-0.3, -0.25) is 9.69 Å². The zero-order valence-electron chi connectivity index (χ0n) is 10.7. The van der Waals surface area contributed by atoms with E-state index in [0.29, 0.717) is 15.2 Å². The molecule has 1 saturated heterocycles. The summed E-state index contributed by atoms with van der Waals surface area (Å²) in [6, 6.07) is 13.8. The zero-order valence-corrected chi connectivity index (χ0v) is 13.0. The monoisotopic (exact) mass is 336 g/mol. The van der Waals surface area contributed by atoms with Crippen molar-refractivity contribution >= 4 is 52.1 Å². The van der Waals surface area contributed by atoms with Crippen molar-refractivity contribution in [2.24, 2.45) is 0 Å². The van der Waals surface area contributed by atoms with Crippen LogP contribution in [0.5, 0.6) is 0 Å². The van der Waals surface area contributed by atoms with E-state index in [4.69, 9.17) is 35.4 Å². The Hall–Kier alpha value is -1.62. The summed E-state index contributed by atoms with van der Waals surface area (Å²) in [4.78, 5) is 14.1. The van der Waals surface area contributed by atoms with Crippen LogP contribution in [-0.2, 0) is 4.79 Å². The third kappa shape index (κ3) is 2.62. The van der Waals surface area contributed by atoms with E-state index in [9.17, 15) is 4.79 Å². The molecule has 1 atom stereocenters. The lowest BCUT2D eigenvalue weighted by molar-refractivity contribution is -0.118. The van der Waals surface area contributed by atoms with Gasteiger partial charge in [0, 0.05) is 0 Å². The Kier molecular flexibility index (Phi) is 3.85. The van der Waals surface area contributed by atoms with E-state index in [1.54, 1.807) is 18.2 Å². The van der Waals surface area contributed by atoms with Crippen molar-refractivity contribution in [2.75, 3.05) is 4.90 Å². The fraction of sp³-hybridized carbons (Fsp3) is 0.0667. The highest BCUT2D eigenvalue weighted by Gasteiger charge is 2.37. The van der Waals surface area contributed by atoms with Gasteiger partial charge in [-0.2, -0.15) is 0 Å². The van der Waals surface area contributed by atoms with Crippen LogP contribution in [0.1, 0.15) is 11.6 Å². The Morgan fingerprint density at radius 2 is 1.76 bits per heavy atom. The molecule has 106 valence electrons. The lowest BCUT2D eigenvalue weighted by atomic mass is 10.1. The molecule has 1 unspecified atom stereocenters. The first-order valence-electron chi connectivity index (χ1n) is 6.22. The number of benzene rings is 2. The fourth-order valence-corrected chi connectivity index (χ4v) is 2.84. The largest absolute Gasteiger partial charge is 0.346 e. The lowest BCUT2D eigenvalue weighted by Crippen LogP contribution is -2.30. The van der Waals surface area contributed by atoms with Crippen LogP contribution in [0.4, 0.5) is 5.69 Å². The third-order valence-electron chi connectivity index (χ3n) is 3.23. The van der Waals surface area contributed by atoms with Crippen molar-refractivity contribution in [3.63, 3.8) is 0 Å². The number of thiocarbonyl (C=S) groups is 1. The molecule has 1 aliphatic rings. The Morgan fingerprint density at radius 1 is 1.05 bits per heavy atom. The molecule has 0 aromatic heterocycles. The van der Waals surface area contributed by atoms with Crippen molar-refractivity contribution in [2.45, 2.75) is 6.04 Å². The molecule has 0 radical (unpaired) electrons. The van der Waals surface area contributed by atoms with Gasteiger partial charge in [-0.15, -0.1) is 0 Å². The van der Waals surface area contributed by atoms with E-state index in [1.165, 1.54) is 4.90 Å². The molecule has 6 heteroatoms. The van der Waals surface area contributed by atoms with Crippen LogP contribution in [0.3, 0.4) is 0 Å². The molecule has 3 nitrogen and oxygen atoms in total. The van der Waals surface area contributed by atoms with Crippen LogP contribution < -0.4 is 10.2 Å². The first-order chi connectivity index (χ1) is 10.1. The summed E-state index contributed by atoms with van der Waals surface area (Å²) in [7, 11) is 0. The first-order valence-corrected chi connectivity index (χ1v) is 7.39. The highest BCUT2D eigenvalue weighted by atomic mass is 35.5. The molecule has 0 saturated carbocycles. The number of amides is 1. The molecule has 1 aliphatic heterocycles. The van der Waals surface area contributed by atoms with E-state index in [-0.39, 0.29) is 5.91 Å². The maximum absolute atomic E-state index is 12.6. The standard InChI is InChI=1S/C15H10Cl2N2OS/c16-11-7-6-9(8-12(11)17)13-14(20)19(15(21)18-13)10-4-2-1-3-5-10/h1-8,13H,(H,18,21). The van der Waals surface area contributed by atoms with Crippen LogP contribution >= 0.6 is 35.4 Å². The van der Waals surface area contributed by atoms with Gasteiger partial charge in [-0.1, -0.05) is 47.5 Å². The van der Waals surface area contributed by atoms with Crippen molar-refractivity contribution in [1.82, 2.24) is 5.32 Å². The van der Waals surface area contributed by atoms with Gasteiger partial charge in [-0.25, -0.2) is 0 Å². The normalized spacial score (nSPS) is 18.0. The molecule has 1 fully saturated rings. The van der Waals surface area contributed by atoms with Crippen molar-refractivity contribution in [3.05, 3.63) is 64.1 Å². The quantitative estimate of drug-likeness (QED) is 0.842. The van der Waals surface area contributed by atoms with E-state index in [2.05, 4.69) is 5.32 Å². The Labute approximate surface area is 137 Å². The first kappa shape index (κ1) is 14.3. The minimum absolute atomic E-state index is 0.135. The van der Waals surface area contributed by atoms with Crippen LogP contribution in [0, 0.1) is 0 Å². The maximum atomic E-state index is 12.6. The molecule has 1 amide bonds. The molecule has 0 spiro atoms. The minimum Gasteiger partial charge on any atom is -0.346 e. The molecule has 21 heavy (non-hydrogen) atoms. The van der Waals surface area contributed by atoms with Crippen LogP contribution in [-0.4, -0.2) is 11.0 Å². The van der Waals surface area contributed by atoms with Crippen LogP contribution in [0.2, 0.25) is 10.0 Å². The third-order valence-corrected chi connectivity index (χ3v) is 4.27. The molecule has 3 rings (SSSR count). The van der Waals surface area contributed by atoms with Gasteiger partial charge >= 0.3 is 0 Å². The average Bonchev–Trinajstić information content (AvgIpc) is 2.78. The van der Waals surface area contributed by atoms with E-state index < -0.39 is 6.04 Å². The summed E-state index contributed by atoms with van der Waals surface area (Å²) >= 11 is 17.2. The molecule has 0 bridgehead atoms. The fourth-order valence-electron chi connectivity index (χ4n) is 2.22. The van der Waals surface area contributed by atoms with Crippen molar-refractivity contribution in [3.8, 4) is 0 Å². The number of para-hydroxylation sites is 1. The van der Waals surface area contributed by atoms with Crippen LogP contribution in [0.25, 0.3) is 0 Å². The van der Waals surface area contributed by atoms with Gasteiger partial charge in [0.2, 0.25) is 0 Å². The second-order valence-electron chi connectivity index (χ2n) is 4.57. The number of carbonyl (C=O) groups excluding carboxylic acids is 1. The second-order valence-corrected chi connectivity index (χ2v) is 5.77. The summed E-state index contributed by atoms with van der Waals surface area (Å²) in [5.74, 6) is -0.135. The summed E-state index contributed by atoms with van der Waals surface area (Å²) in [5, 5.41) is 4.26. The van der Waals surface area contributed by atoms with Crippen molar-refractivity contribution < 1.29 is 4.79 Å². The summed E-state index contributed by atoms with van der Waals surface area (Å²) in [6.07, 6.45) is 0. The van der Waals surface area contributed by atoms with E-state index in [1.807, 2.05) is 30.3 Å². The number of hydrogen-bond acceptors (Lipinski definition) is 2. The van der Waals surface area contributed by atoms with Gasteiger partial charge in [0.05, 0.1) is 15.7 Å².